The fourth-order valence-corrected chi connectivity index (χ4v) is 3.80. The Bertz CT molecular complexity index is 1060. The van der Waals surface area contributed by atoms with Crippen molar-refractivity contribution in [1.82, 2.24) is 5.32 Å². The summed E-state index contributed by atoms with van der Waals surface area (Å²) in [5, 5.41) is 13.3. The highest BCUT2D eigenvalue weighted by Crippen LogP contribution is 2.44. The number of benzene rings is 3. The number of ether oxygens (including phenoxy) is 4. The summed E-state index contributed by atoms with van der Waals surface area (Å²) in [6, 6.07) is 23.5. The number of aliphatic carboxylic acids is 1. The van der Waals surface area contributed by atoms with E-state index in [0.717, 1.165) is 11.1 Å². The smallest absolute Gasteiger partial charge is 0.335 e. The van der Waals surface area contributed by atoms with Crippen LogP contribution in [0.2, 0.25) is 0 Å². The monoisotopic (exact) mass is 435 g/mol. The fraction of sp³-hybridized carbons (Fsp3) is 0.240. The highest BCUT2D eigenvalue weighted by Gasteiger charge is 2.53. The first-order valence-electron chi connectivity index (χ1n) is 10.2. The van der Waals surface area contributed by atoms with Crippen molar-refractivity contribution >= 4 is 5.97 Å². The van der Waals surface area contributed by atoms with Crippen molar-refractivity contribution in [1.29, 1.82) is 0 Å². The molecule has 2 N–H and O–H groups in total. The standard InChI is InChI=1S/C25H25NO6/c1-29-19-13-14-20(21(15-19)30-2)25(31-16-17-9-5-3-6-10-17)26-22(23(32-25)24(27)28)18-11-7-4-8-12-18/h3-15,22-23,26H,16H2,1-2H3,(H,27,28). The second-order valence-electron chi connectivity index (χ2n) is 7.37. The molecule has 1 aliphatic rings. The highest BCUT2D eigenvalue weighted by molar-refractivity contribution is 5.74. The van der Waals surface area contributed by atoms with Crippen LogP contribution in [-0.4, -0.2) is 31.4 Å². The van der Waals surface area contributed by atoms with Crippen LogP contribution in [0.1, 0.15) is 22.7 Å². The Kier molecular flexibility index (Phi) is 6.41. The van der Waals surface area contributed by atoms with Gasteiger partial charge >= 0.3 is 5.97 Å². The summed E-state index contributed by atoms with van der Waals surface area (Å²) >= 11 is 0. The van der Waals surface area contributed by atoms with E-state index in [0.29, 0.717) is 17.1 Å². The number of methoxy groups -OCH3 is 2. The molecule has 32 heavy (non-hydrogen) atoms. The zero-order chi connectivity index (χ0) is 22.6. The molecule has 1 aliphatic heterocycles. The maximum atomic E-state index is 12.2. The molecule has 0 saturated carbocycles. The molecule has 1 heterocycles. The van der Waals surface area contributed by atoms with Crippen molar-refractivity contribution in [2.75, 3.05) is 14.2 Å². The van der Waals surface area contributed by atoms with Crippen LogP contribution in [0.15, 0.2) is 78.9 Å². The third-order valence-corrected chi connectivity index (χ3v) is 5.39. The summed E-state index contributed by atoms with van der Waals surface area (Å²) in [5.74, 6) is -1.61. The van der Waals surface area contributed by atoms with Crippen LogP contribution in [0.5, 0.6) is 11.5 Å². The molecule has 0 radical (unpaired) electrons. The van der Waals surface area contributed by atoms with Gasteiger partial charge in [0.15, 0.2) is 6.10 Å². The lowest BCUT2D eigenvalue weighted by Gasteiger charge is -2.31. The van der Waals surface area contributed by atoms with Crippen molar-refractivity contribution in [3.8, 4) is 11.5 Å². The predicted molar refractivity (Wildman–Crippen MR) is 117 cm³/mol. The van der Waals surface area contributed by atoms with Gasteiger partial charge in [0.25, 0.3) is 5.91 Å². The summed E-state index contributed by atoms with van der Waals surface area (Å²) in [6.07, 6.45) is -1.18. The Morgan fingerprint density at radius 2 is 1.69 bits per heavy atom. The molecule has 3 aromatic carbocycles. The van der Waals surface area contributed by atoms with Crippen LogP contribution in [-0.2, 0) is 26.8 Å². The van der Waals surface area contributed by atoms with Crippen LogP contribution >= 0.6 is 0 Å². The SMILES string of the molecule is COc1ccc(C2(OCc3ccccc3)NC(c3ccccc3)C(C(=O)O)O2)c(OC)c1. The molecule has 7 heteroatoms. The van der Waals surface area contributed by atoms with Crippen molar-refractivity contribution in [3.05, 3.63) is 95.6 Å². The summed E-state index contributed by atoms with van der Waals surface area (Å²) in [7, 11) is 3.09. The molecular weight excluding hydrogens is 410 g/mol. The van der Waals surface area contributed by atoms with Crippen molar-refractivity contribution in [2.45, 2.75) is 24.7 Å². The van der Waals surface area contributed by atoms with E-state index in [2.05, 4.69) is 5.32 Å². The Morgan fingerprint density at radius 1 is 1.00 bits per heavy atom. The lowest BCUT2D eigenvalue weighted by molar-refractivity contribution is -0.255. The van der Waals surface area contributed by atoms with E-state index in [1.807, 2.05) is 60.7 Å². The molecule has 0 bridgehead atoms. The molecule has 0 spiro atoms. The Morgan fingerprint density at radius 3 is 2.31 bits per heavy atom. The normalized spacial score (nSPS) is 22.4. The number of carboxylic acids is 1. The third-order valence-electron chi connectivity index (χ3n) is 5.39. The summed E-state index contributed by atoms with van der Waals surface area (Å²) in [4.78, 5) is 12.2. The van der Waals surface area contributed by atoms with Gasteiger partial charge in [-0.25, -0.2) is 4.79 Å². The van der Waals surface area contributed by atoms with Gasteiger partial charge in [-0.1, -0.05) is 60.7 Å². The minimum Gasteiger partial charge on any atom is -0.497 e. The van der Waals surface area contributed by atoms with E-state index in [9.17, 15) is 9.90 Å². The lowest BCUT2D eigenvalue weighted by Crippen LogP contribution is -2.42. The molecule has 1 saturated heterocycles. The number of carboxylic acid groups (broad SMARTS) is 1. The van der Waals surface area contributed by atoms with Gasteiger partial charge in [0.1, 0.15) is 11.5 Å². The second-order valence-corrected chi connectivity index (χ2v) is 7.37. The first-order valence-corrected chi connectivity index (χ1v) is 10.2. The molecule has 0 aliphatic carbocycles. The summed E-state index contributed by atoms with van der Waals surface area (Å²) in [6.45, 7) is 0.191. The van der Waals surface area contributed by atoms with Gasteiger partial charge in [-0.3, -0.25) is 5.32 Å². The highest BCUT2D eigenvalue weighted by atomic mass is 16.7. The third kappa shape index (κ3) is 4.31. The molecule has 4 rings (SSSR count). The van der Waals surface area contributed by atoms with Gasteiger partial charge in [0, 0.05) is 6.07 Å². The molecule has 3 atom stereocenters. The van der Waals surface area contributed by atoms with Crippen LogP contribution in [0, 0.1) is 0 Å². The predicted octanol–water partition coefficient (Wildman–Crippen LogP) is 3.85. The van der Waals surface area contributed by atoms with Gasteiger partial charge in [-0.2, -0.15) is 0 Å². The first-order chi connectivity index (χ1) is 15.6. The Hall–Kier alpha value is -3.39. The van der Waals surface area contributed by atoms with E-state index in [-0.39, 0.29) is 6.61 Å². The zero-order valence-electron chi connectivity index (χ0n) is 17.9. The van der Waals surface area contributed by atoms with Crippen LogP contribution < -0.4 is 14.8 Å². The van der Waals surface area contributed by atoms with E-state index >= 15 is 0 Å². The van der Waals surface area contributed by atoms with Crippen molar-refractivity contribution in [3.63, 3.8) is 0 Å². The van der Waals surface area contributed by atoms with Crippen molar-refractivity contribution in [2.24, 2.45) is 0 Å². The number of carbonyl (C=O) groups is 1. The van der Waals surface area contributed by atoms with E-state index < -0.39 is 24.0 Å². The number of hydrogen-bond acceptors (Lipinski definition) is 6. The van der Waals surface area contributed by atoms with Gasteiger partial charge in [0.2, 0.25) is 0 Å². The molecular formula is C25H25NO6. The molecule has 3 aromatic rings. The molecule has 0 amide bonds. The summed E-state index contributed by atoms with van der Waals surface area (Å²) in [5.41, 5.74) is 2.21. The number of nitrogens with one attached hydrogen (secondary N) is 1. The second kappa shape index (κ2) is 9.40. The minimum absolute atomic E-state index is 0.191. The van der Waals surface area contributed by atoms with Gasteiger partial charge in [-0.05, 0) is 23.3 Å². The van der Waals surface area contributed by atoms with Crippen LogP contribution in [0.25, 0.3) is 0 Å². The van der Waals surface area contributed by atoms with E-state index in [4.69, 9.17) is 18.9 Å². The average Bonchev–Trinajstić information content (AvgIpc) is 3.25. The maximum absolute atomic E-state index is 12.2. The zero-order valence-corrected chi connectivity index (χ0v) is 17.9. The minimum atomic E-state index is -1.56. The molecule has 7 nitrogen and oxygen atoms in total. The summed E-state index contributed by atoms with van der Waals surface area (Å²) < 4.78 is 23.3. The quantitative estimate of drug-likeness (QED) is 0.556. The van der Waals surface area contributed by atoms with Crippen molar-refractivity contribution < 1.29 is 28.8 Å². The van der Waals surface area contributed by atoms with Crippen LogP contribution in [0.4, 0.5) is 0 Å². The average molecular weight is 435 g/mol. The van der Waals surface area contributed by atoms with Gasteiger partial charge in [-0.15, -0.1) is 0 Å². The topological polar surface area (TPSA) is 86.3 Å². The lowest BCUT2D eigenvalue weighted by atomic mass is 10.0. The molecule has 3 unspecified atom stereocenters. The van der Waals surface area contributed by atoms with Crippen LogP contribution in [0.3, 0.4) is 0 Å². The van der Waals surface area contributed by atoms with E-state index in [1.54, 1.807) is 25.3 Å². The first kappa shape index (κ1) is 21.8. The Balaban J connectivity index is 1.78. The molecule has 1 fully saturated rings. The number of hydrogen-bond donors (Lipinski definition) is 2. The largest absolute Gasteiger partial charge is 0.497 e. The van der Waals surface area contributed by atoms with Gasteiger partial charge in [0.05, 0.1) is 32.4 Å². The maximum Gasteiger partial charge on any atom is 0.335 e. The Labute approximate surface area is 186 Å². The fourth-order valence-electron chi connectivity index (χ4n) is 3.80. The molecule has 0 aromatic heterocycles. The van der Waals surface area contributed by atoms with E-state index in [1.165, 1.54) is 7.11 Å². The van der Waals surface area contributed by atoms with Gasteiger partial charge < -0.3 is 24.1 Å². The number of rotatable bonds is 8. The molecule has 166 valence electrons.